The molecule has 0 N–H and O–H groups in total. The summed E-state index contributed by atoms with van der Waals surface area (Å²) in [7, 11) is 0. The van der Waals surface area contributed by atoms with Crippen LogP contribution in [0.2, 0.25) is 0 Å². The molecule has 0 aromatic carbocycles. The van der Waals surface area contributed by atoms with E-state index < -0.39 is 0 Å². The van der Waals surface area contributed by atoms with Crippen LogP contribution in [-0.4, -0.2) is 5.78 Å². The van der Waals surface area contributed by atoms with E-state index in [1.54, 1.807) is 0 Å². The number of hydrogen-bond acceptors (Lipinski definition) is 1. The highest BCUT2D eigenvalue weighted by atomic mass is 16.1. The summed E-state index contributed by atoms with van der Waals surface area (Å²) in [5.74, 6) is 1.32. The molecule has 0 amide bonds. The van der Waals surface area contributed by atoms with E-state index in [1.807, 2.05) is 0 Å². The van der Waals surface area contributed by atoms with Gasteiger partial charge in [-0.05, 0) is 18.8 Å². The Morgan fingerprint density at radius 1 is 0.933 bits per heavy atom. The van der Waals surface area contributed by atoms with Gasteiger partial charge in [-0.1, -0.05) is 52.9 Å². The van der Waals surface area contributed by atoms with E-state index in [1.165, 1.54) is 32.1 Å². The third-order valence-electron chi connectivity index (χ3n) is 3.14. The molecule has 0 bridgehead atoms. The lowest BCUT2D eigenvalue weighted by Crippen LogP contribution is -2.02. The molecule has 0 aliphatic heterocycles. The van der Waals surface area contributed by atoms with Crippen molar-refractivity contribution < 1.29 is 4.79 Å². The SMILES string of the molecule is CCCCC(CC)CCCC(=O)CCC. The Bertz CT molecular complexity index is 151. The van der Waals surface area contributed by atoms with Crippen molar-refractivity contribution in [2.24, 2.45) is 5.92 Å². The van der Waals surface area contributed by atoms with Crippen molar-refractivity contribution in [3.63, 3.8) is 0 Å². The van der Waals surface area contributed by atoms with Gasteiger partial charge in [-0.3, -0.25) is 4.79 Å². The normalized spacial score (nSPS) is 12.7. The number of Topliss-reactive ketones (excluding diaryl/α,β-unsaturated/α-hetero) is 1. The minimum Gasteiger partial charge on any atom is -0.300 e. The second-order valence-corrected chi connectivity index (χ2v) is 4.60. The van der Waals surface area contributed by atoms with Gasteiger partial charge < -0.3 is 0 Å². The first-order chi connectivity index (χ1) is 7.24. The van der Waals surface area contributed by atoms with Crippen LogP contribution < -0.4 is 0 Å². The average molecular weight is 212 g/mol. The second kappa shape index (κ2) is 10.2. The van der Waals surface area contributed by atoms with Gasteiger partial charge in [0, 0.05) is 12.8 Å². The van der Waals surface area contributed by atoms with Crippen molar-refractivity contribution in [2.45, 2.75) is 78.6 Å². The molecule has 1 unspecified atom stereocenters. The standard InChI is InChI=1S/C14H28O/c1-4-7-10-13(6-3)11-8-12-14(15)9-5-2/h13H,4-12H2,1-3H3. The van der Waals surface area contributed by atoms with Crippen molar-refractivity contribution >= 4 is 5.78 Å². The quantitative estimate of drug-likeness (QED) is 0.511. The largest absolute Gasteiger partial charge is 0.300 e. The number of hydrogen-bond donors (Lipinski definition) is 0. The summed E-state index contributed by atoms with van der Waals surface area (Å²) >= 11 is 0. The Balaban J connectivity index is 3.49. The number of ketones is 1. The first-order valence-corrected chi connectivity index (χ1v) is 6.76. The highest BCUT2D eigenvalue weighted by molar-refractivity contribution is 5.78. The van der Waals surface area contributed by atoms with Crippen LogP contribution in [-0.2, 0) is 4.79 Å². The second-order valence-electron chi connectivity index (χ2n) is 4.60. The van der Waals surface area contributed by atoms with Crippen molar-refractivity contribution in [3.8, 4) is 0 Å². The minimum absolute atomic E-state index is 0.461. The Hall–Kier alpha value is -0.330. The molecule has 1 heteroatoms. The molecule has 15 heavy (non-hydrogen) atoms. The van der Waals surface area contributed by atoms with Gasteiger partial charge in [0.05, 0.1) is 0 Å². The van der Waals surface area contributed by atoms with Crippen LogP contribution in [0.1, 0.15) is 78.6 Å². The highest BCUT2D eigenvalue weighted by Crippen LogP contribution is 2.19. The summed E-state index contributed by atoms with van der Waals surface area (Å²) in [6.45, 7) is 6.60. The lowest BCUT2D eigenvalue weighted by molar-refractivity contribution is -0.119. The maximum absolute atomic E-state index is 11.3. The zero-order chi connectivity index (χ0) is 11.5. The predicted molar refractivity (Wildman–Crippen MR) is 67.1 cm³/mol. The summed E-state index contributed by atoms with van der Waals surface area (Å²) in [4.78, 5) is 11.3. The average Bonchev–Trinajstić information content (AvgIpc) is 2.23. The van der Waals surface area contributed by atoms with Crippen LogP contribution in [0, 0.1) is 5.92 Å². The molecule has 0 spiro atoms. The third-order valence-corrected chi connectivity index (χ3v) is 3.14. The van der Waals surface area contributed by atoms with E-state index in [0.29, 0.717) is 5.78 Å². The first kappa shape index (κ1) is 14.7. The van der Waals surface area contributed by atoms with Crippen LogP contribution in [0.5, 0.6) is 0 Å². The maximum Gasteiger partial charge on any atom is 0.132 e. The fraction of sp³-hybridized carbons (Fsp3) is 0.929. The van der Waals surface area contributed by atoms with Gasteiger partial charge in [0.25, 0.3) is 0 Å². The van der Waals surface area contributed by atoms with Gasteiger partial charge in [0.2, 0.25) is 0 Å². The molecule has 0 aromatic rings. The fourth-order valence-electron chi connectivity index (χ4n) is 2.04. The van der Waals surface area contributed by atoms with Crippen molar-refractivity contribution in [1.82, 2.24) is 0 Å². The fourth-order valence-corrected chi connectivity index (χ4v) is 2.04. The van der Waals surface area contributed by atoms with Crippen LogP contribution in [0.15, 0.2) is 0 Å². The number of carbonyl (C=O) groups excluding carboxylic acids is 1. The van der Waals surface area contributed by atoms with E-state index in [0.717, 1.165) is 31.6 Å². The molecule has 0 saturated carbocycles. The van der Waals surface area contributed by atoms with Crippen molar-refractivity contribution in [1.29, 1.82) is 0 Å². The molecular weight excluding hydrogens is 184 g/mol. The molecule has 0 rings (SSSR count). The Kier molecular flexibility index (Phi) is 9.97. The van der Waals surface area contributed by atoms with Gasteiger partial charge >= 0.3 is 0 Å². The summed E-state index contributed by atoms with van der Waals surface area (Å²) < 4.78 is 0. The van der Waals surface area contributed by atoms with Gasteiger partial charge in [-0.25, -0.2) is 0 Å². The number of unbranched alkanes of at least 4 members (excludes halogenated alkanes) is 1. The molecule has 1 nitrogen and oxygen atoms in total. The summed E-state index contributed by atoms with van der Waals surface area (Å²) in [6.07, 6.45) is 10.3. The lowest BCUT2D eigenvalue weighted by atomic mass is 9.93. The Labute approximate surface area is 95.6 Å². The molecule has 0 aliphatic carbocycles. The van der Waals surface area contributed by atoms with Gasteiger partial charge in [-0.15, -0.1) is 0 Å². The summed E-state index contributed by atoms with van der Waals surface area (Å²) in [5, 5.41) is 0. The smallest absolute Gasteiger partial charge is 0.132 e. The summed E-state index contributed by atoms with van der Waals surface area (Å²) in [5.41, 5.74) is 0. The van der Waals surface area contributed by atoms with Crippen LogP contribution >= 0.6 is 0 Å². The molecular formula is C14H28O. The third kappa shape index (κ3) is 8.65. The Morgan fingerprint density at radius 2 is 1.60 bits per heavy atom. The van der Waals surface area contributed by atoms with E-state index in [4.69, 9.17) is 0 Å². The zero-order valence-electron chi connectivity index (χ0n) is 10.8. The number of carbonyl (C=O) groups is 1. The zero-order valence-corrected chi connectivity index (χ0v) is 10.8. The molecule has 0 aliphatic rings. The van der Waals surface area contributed by atoms with Gasteiger partial charge in [0.1, 0.15) is 5.78 Å². The number of rotatable bonds is 10. The van der Waals surface area contributed by atoms with Crippen LogP contribution in [0.25, 0.3) is 0 Å². The first-order valence-electron chi connectivity index (χ1n) is 6.76. The van der Waals surface area contributed by atoms with Crippen molar-refractivity contribution in [2.75, 3.05) is 0 Å². The molecule has 0 fully saturated rings. The molecule has 0 heterocycles. The van der Waals surface area contributed by atoms with Crippen molar-refractivity contribution in [3.05, 3.63) is 0 Å². The highest BCUT2D eigenvalue weighted by Gasteiger charge is 2.07. The molecule has 0 aromatic heterocycles. The van der Waals surface area contributed by atoms with Crippen LogP contribution in [0.3, 0.4) is 0 Å². The molecule has 90 valence electrons. The summed E-state index contributed by atoms with van der Waals surface area (Å²) in [6, 6.07) is 0. The Morgan fingerprint density at radius 3 is 2.13 bits per heavy atom. The topological polar surface area (TPSA) is 17.1 Å². The van der Waals surface area contributed by atoms with E-state index in [-0.39, 0.29) is 0 Å². The molecule has 0 saturated heterocycles. The van der Waals surface area contributed by atoms with Gasteiger partial charge in [-0.2, -0.15) is 0 Å². The lowest BCUT2D eigenvalue weighted by Gasteiger charge is -2.13. The molecule has 0 radical (unpaired) electrons. The van der Waals surface area contributed by atoms with Crippen LogP contribution in [0.4, 0.5) is 0 Å². The van der Waals surface area contributed by atoms with E-state index >= 15 is 0 Å². The maximum atomic E-state index is 11.3. The monoisotopic (exact) mass is 212 g/mol. The van der Waals surface area contributed by atoms with E-state index in [2.05, 4.69) is 20.8 Å². The minimum atomic E-state index is 0.461. The van der Waals surface area contributed by atoms with E-state index in [9.17, 15) is 4.79 Å². The molecule has 1 atom stereocenters. The van der Waals surface area contributed by atoms with Gasteiger partial charge in [0.15, 0.2) is 0 Å². The predicted octanol–water partition coefficient (Wildman–Crippen LogP) is 4.74.